The molecular formula is C16H23N3S. The highest BCUT2D eigenvalue weighted by atomic mass is 32.1. The van der Waals surface area contributed by atoms with Crippen LogP contribution in [0.5, 0.6) is 0 Å². The van der Waals surface area contributed by atoms with Gasteiger partial charge >= 0.3 is 0 Å². The molecule has 1 saturated carbocycles. The number of rotatable bonds is 6. The number of nitrogens with zero attached hydrogens (tertiary/aromatic N) is 2. The number of imidazole rings is 1. The monoisotopic (exact) mass is 289 g/mol. The van der Waals surface area contributed by atoms with Gasteiger partial charge in [-0.3, -0.25) is 0 Å². The molecule has 20 heavy (non-hydrogen) atoms. The molecule has 2 atom stereocenters. The molecule has 0 saturated heterocycles. The lowest BCUT2D eigenvalue weighted by molar-refractivity contribution is 0.324. The van der Waals surface area contributed by atoms with E-state index in [1.54, 1.807) is 0 Å². The molecule has 2 heterocycles. The van der Waals surface area contributed by atoms with Crippen LogP contribution in [0, 0.1) is 5.92 Å². The van der Waals surface area contributed by atoms with E-state index in [2.05, 4.69) is 39.3 Å². The predicted octanol–water partition coefficient (Wildman–Crippen LogP) is 3.85. The van der Waals surface area contributed by atoms with Gasteiger partial charge in [0.15, 0.2) is 0 Å². The van der Waals surface area contributed by atoms with Gasteiger partial charge in [0.25, 0.3) is 0 Å². The van der Waals surface area contributed by atoms with Crippen LogP contribution in [0.15, 0.2) is 36.2 Å². The maximum absolute atomic E-state index is 4.12. The summed E-state index contributed by atoms with van der Waals surface area (Å²) in [5, 5.41) is 6.06. The molecule has 1 N–H and O–H groups in total. The summed E-state index contributed by atoms with van der Waals surface area (Å²) in [7, 11) is 0. The summed E-state index contributed by atoms with van der Waals surface area (Å²) >= 11 is 1.89. The van der Waals surface area contributed by atoms with Crippen molar-refractivity contribution in [1.82, 2.24) is 14.9 Å². The van der Waals surface area contributed by atoms with Crippen LogP contribution in [0.25, 0.3) is 0 Å². The summed E-state index contributed by atoms with van der Waals surface area (Å²) in [6.07, 6.45) is 11.3. The molecule has 3 rings (SSSR count). The third kappa shape index (κ3) is 3.30. The molecule has 3 nitrogen and oxygen atoms in total. The summed E-state index contributed by atoms with van der Waals surface area (Å²) in [4.78, 5) is 5.61. The van der Waals surface area contributed by atoms with Gasteiger partial charge in [-0.1, -0.05) is 18.9 Å². The Hall–Kier alpha value is -1.13. The van der Waals surface area contributed by atoms with Gasteiger partial charge in [-0.05, 0) is 37.1 Å². The second kappa shape index (κ2) is 6.55. The first-order chi connectivity index (χ1) is 9.83. The maximum Gasteiger partial charge on any atom is 0.0946 e. The standard InChI is InChI=1S/C16H23N3S/c1-13(11-19-9-8-17-12-19)18-16(14-5-2-3-6-14)15-7-4-10-20-15/h4,7-10,12-14,16,18H,2-3,5-6,11H2,1H3. The van der Waals surface area contributed by atoms with Crippen molar-refractivity contribution in [2.75, 3.05) is 0 Å². The van der Waals surface area contributed by atoms with E-state index in [1.165, 1.54) is 30.6 Å². The Kier molecular flexibility index (Phi) is 4.53. The topological polar surface area (TPSA) is 29.9 Å². The molecule has 4 heteroatoms. The molecular weight excluding hydrogens is 266 g/mol. The van der Waals surface area contributed by atoms with Gasteiger partial charge in [0, 0.05) is 35.9 Å². The first-order valence-corrected chi connectivity index (χ1v) is 8.46. The smallest absolute Gasteiger partial charge is 0.0946 e. The molecule has 0 bridgehead atoms. The Bertz CT molecular complexity index is 486. The number of aromatic nitrogens is 2. The van der Waals surface area contributed by atoms with Crippen LogP contribution < -0.4 is 5.32 Å². The minimum Gasteiger partial charge on any atom is -0.336 e. The van der Waals surface area contributed by atoms with Crippen LogP contribution in [-0.4, -0.2) is 15.6 Å². The second-order valence-electron chi connectivity index (χ2n) is 5.86. The van der Waals surface area contributed by atoms with Gasteiger partial charge in [0.05, 0.1) is 6.33 Å². The molecule has 0 aromatic carbocycles. The number of nitrogens with one attached hydrogen (secondary N) is 1. The zero-order chi connectivity index (χ0) is 13.8. The lowest BCUT2D eigenvalue weighted by Crippen LogP contribution is -2.36. The van der Waals surface area contributed by atoms with Crippen LogP contribution in [0.2, 0.25) is 0 Å². The molecule has 0 amide bonds. The van der Waals surface area contributed by atoms with Crippen LogP contribution in [0.1, 0.15) is 43.5 Å². The van der Waals surface area contributed by atoms with E-state index in [9.17, 15) is 0 Å². The van der Waals surface area contributed by atoms with Crippen molar-refractivity contribution in [3.8, 4) is 0 Å². The van der Waals surface area contributed by atoms with Crippen molar-refractivity contribution < 1.29 is 0 Å². The van der Waals surface area contributed by atoms with Crippen molar-refractivity contribution in [1.29, 1.82) is 0 Å². The van der Waals surface area contributed by atoms with Crippen LogP contribution in [0.4, 0.5) is 0 Å². The van der Waals surface area contributed by atoms with Gasteiger partial charge < -0.3 is 9.88 Å². The van der Waals surface area contributed by atoms with E-state index in [1.807, 2.05) is 30.1 Å². The minimum absolute atomic E-state index is 0.455. The highest BCUT2D eigenvalue weighted by Gasteiger charge is 2.27. The molecule has 2 unspecified atom stereocenters. The van der Waals surface area contributed by atoms with Gasteiger partial charge in [-0.2, -0.15) is 0 Å². The lowest BCUT2D eigenvalue weighted by Gasteiger charge is -2.27. The summed E-state index contributed by atoms with van der Waals surface area (Å²) in [5.41, 5.74) is 0. The molecule has 1 aliphatic carbocycles. The Morgan fingerprint density at radius 3 is 2.95 bits per heavy atom. The third-order valence-electron chi connectivity index (χ3n) is 4.23. The Morgan fingerprint density at radius 1 is 1.45 bits per heavy atom. The first kappa shape index (κ1) is 13.8. The third-order valence-corrected chi connectivity index (χ3v) is 5.18. The quantitative estimate of drug-likeness (QED) is 0.875. The fourth-order valence-corrected chi connectivity index (χ4v) is 4.16. The SMILES string of the molecule is CC(Cn1ccnc1)NC(c1cccs1)C1CCCC1. The number of thiophene rings is 1. The highest BCUT2D eigenvalue weighted by Crippen LogP contribution is 2.37. The zero-order valence-electron chi connectivity index (χ0n) is 12.0. The second-order valence-corrected chi connectivity index (χ2v) is 6.84. The van der Waals surface area contributed by atoms with Crippen LogP contribution in [-0.2, 0) is 6.54 Å². The van der Waals surface area contributed by atoms with E-state index in [4.69, 9.17) is 0 Å². The average Bonchev–Trinajstić information content (AvgIpc) is 3.18. The molecule has 1 aliphatic rings. The lowest BCUT2D eigenvalue weighted by atomic mass is 9.96. The van der Waals surface area contributed by atoms with E-state index < -0.39 is 0 Å². The van der Waals surface area contributed by atoms with E-state index in [0.717, 1.165) is 12.5 Å². The summed E-state index contributed by atoms with van der Waals surface area (Å²) in [6.45, 7) is 3.25. The number of hydrogen-bond donors (Lipinski definition) is 1. The van der Waals surface area contributed by atoms with Crippen molar-refractivity contribution in [3.05, 3.63) is 41.1 Å². The fraction of sp³-hybridized carbons (Fsp3) is 0.562. The Morgan fingerprint density at radius 2 is 2.30 bits per heavy atom. The zero-order valence-corrected chi connectivity index (χ0v) is 12.9. The molecule has 2 aromatic rings. The molecule has 1 fully saturated rings. The summed E-state index contributed by atoms with van der Waals surface area (Å²) in [5.74, 6) is 0.805. The van der Waals surface area contributed by atoms with Gasteiger partial charge in [0.2, 0.25) is 0 Å². The van der Waals surface area contributed by atoms with Crippen molar-refractivity contribution in [2.24, 2.45) is 5.92 Å². The van der Waals surface area contributed by atoms with Crippen LogP contribution in [0.3, 0.4) is 0 Å². The van der Waals surface area contributed by atoms with E-state index in [-0.39, 0.29) is 0 Å². The normalized spacial score (nSPS) is 19.2. The predicted molar refractivity (Wildman–Crippen MR) is 83.8 cm³/mol. The van der Waals surface area contributed by atoms with Gasteiger partial charge in [-0.25, -0.2) is 4.98 Å². The largest absolute Gasteiger partial charge is 0.336 e. The molecule has 2 aromatic heterocycles. The molecule has 108 valence electrons. The van der Waals surface area contributed by atoms with Gasteiger partial charge in [-0.15, -0.1) is 11.3 Å². The van der Waals surface area contributed by atoms with E-state index >= 15 is 0 Å². The fourth-order valence-electron chi connectivity index (χ4n) is 3.28. The average molecular weight is 289 g/mol. The van der Waals surface area contributed by atoms with Crippen LogP contribution >= 0.6 is 11.3 Å². The van der Waals surface area contributed by atoms with E-state index in [0.29, 0.717) is 12.1 Å². The summed E-state index contributed by atoms with van der Waals surface area (Å²) < 4.78 is 2.15. The van der Waals surface area contributed by atoms with Crippen molar-refractivity contribution in [2.45, 2.75) is 51.2 Å². The van der Waals surface area contributed by atoms with Gasteiger partial charge in [0.1, 0.15) is 0 Å². The minimum atomic E-state index is 0.455. The Balaban J connectivity index is 1.66. The maximum atomic E-state index is 4.12. The highest BCUT2D eigenvalue weighted by molar-refractivity contribution is 7.10. The summed E-state index contributed by atoms with van der Waals surface area (Å²) in [6, 6.07) is 5.43. The Labute approximate surface area is 125 Å². The first-order valence-electron chi connectivity index (χ1n) is 7.58. The molecule has 0 spiro atoms. The van der Waals surface area contributed by atoms with Crippen molar-refractivity contribution >= 4 is 11.3 Å². The number of hydrogen-bond acceptors (Lipinski definition) is 3. The van der Waals surface area contributed by atoms with Crippen molar-refractivity contribution in [3.63, 3.8) is 0 Å². The molecule has 0 aliphatic heterocycles. The molecule has 0 radical (unpaired) electrons.